The van der Waals surface area contributed by atoms with E-state index in [0.717, 1.165) is 6.07 Å². The molecule has 7 heteroatoms. The lowest BCUT2D eigenvalue weighted by Crippen LogP contribution is -2.40. The van der Waals surface area contributed by atoms with Crippen molar-refractivity contribution in [1.29, 1.82) is 0 Å². The lowest BCUT2D eigenvalue weighted by atomic mass is 10.1. The molecule has 0 fully saturated rings. The summed E-state index contributed by atoms with van der Waals surface area (Å²) in [6, 6.07) is 3.74. The Hall–Kier alpha value is -1.02. The van der Waals surface area contributed by atoms with E-state index >= 15 is 0 Å². The van der Waals surface area contributed by atoms with E-state index in [4.69, 9.17) is 4.74 Å². The number of ether oxygens (including phenoxy) is 1. The van der Waals surface area contributed by atoms with Crippen molar-refractivity contribution in [3.8, 4) is 0 Å². The lowest BCUT2D eigenvalue weighted by molar-refractivity contribution is -0.00515. The van der Waals surface area contributed by atoms with E-state index in [9.17, 15) is 12.8 Å². The first-order valence-corrected chi connectivity index (χ1v) is 8.27. The second-order valence-corrected chi connectivity index (χ2v) is 7.04. The van der Waals surface area contributed by atoms with Gasteiger partial charge in [-0.05, 0) is 45.5 Å². The number of benzene rings is 1. The summed E-state index contributed by atoms with van der Waals surface area (Å²) in [5, 5.41) is 2.87. The average Bonchev–Trinajstić information content (AvgIpc) is 2.39. The molecule has 0 aliphatic heterocycles. The van der Waals surface area contributed by atoms with E-state index in [1.165, 1.54) is 12.1 Å². The SMILES string of the molecule is CCOC(C)(C)CNS(=O)(=O)c1cc(F)ccc1CNC. The third-order valence-corrected chi connectivity index (χ3v) is 4.39. The van der Waals surface area contributed by atoms with Gasteiger partial charge in [-0.1, -0.05) is 6.07 Å². The zero-order chi connectivity index (χ0) is 16.1. The maximum Gasteiger partial charge on any atom is 0.241 e. The number of hydrogen-bond acceptors (Lipinski definition) is 4. The van der Waals surface area contributed by atoms with Crippen molar-refractivity contribution in [2.75, 3.05) is 20.2 Å². The normalized spacial score (nSPS) is 12.6. The number of rotatable bonds is 8. The van der Waals surface area contributed by atoms with Gasteiger partial charge in [-0.2, -0.15) is 0 Å². The minimum Gasteiger partial charge on any atom is -0.375 e. The minimum atomic E-state index is -3.80. The molecule has 5 nitrogen and oxygen atoms in total. The minimum absolute atomic E-state index is 0.0517. The van der Waals surface area contributed by atoms with Gasteiger partial charge in [0, 0.05) is 19.7 Å². The lowest BCUT2D eigenvalue weighted by Gasteiger charge is -2.25. The largest absolute Gasteiger partial charge is 0.375 e. The molecule has 0 saturated carbocycles. The maximum atomic E-state index is 13.4. The number of sulfonamides is 1. The molecule has 0 heterocycles. The summed E-state index contributed by atoms with van der Waals surface area (Å²) < 4.78 is 46.0. The summed E-state index contributed by atoms with van der Waals surface area (Å²) in [5.41, 5.74) is -0.112. The highest BCUT2D eigenvalue weighted by Gasteiger charge is 2.24. The van der Waals surface area contributed by atoms with Crippen molar-refractivity contribution in [2.45, 2.75) is 37.8 Å². The second-order valence-electron chi connectivity index (χ2n) is 5.30. The van der Waals surface area contributed by atoms with Gasteiger partial charge in [-0.25, -0.2) is 17.5 Å². The molecule has 0 spiro atoms. The van der Waals surface area contributed by atoms with Gasteiger partial charge in [0.1, 0.15) is 5.82 Å². The van der Waals surface area contributed by atoms with Crippen LogP contribution in [-0.4, -0.2) is 34.2 Å². The summed E-state index contributed by atoms with van der Waals surface area (Å²) in [6.07, 6.45) is 0. The van der Waals surface area contributed by atoms with Crippen molar-refractivity contribution in [2.24, 2.45) is 0 Å². The van der Waals surface area contributed by atoms with Crippen molar-refractivity contribution in [3.63, 3.8) is 0 Å². The van der Waals surface area contributed by atoms with Crippen LogP contribution in [-0.2, 0) is 21.3 Å². The standard InChI is InChI=1S/C14H23FN2O3S/c1-5-20-14(2,3)10-17-21(18,19)13-8-12(15)7-6-11(13)9-16-4/h6-8,16-17H,5,9-10H2,1-4H3. The van der Waals surface area contributed by atoms with Gasteiger partial charge < -0.3 is 10.1 Å². The van der Waals surface area contributed by atoms with E-state index in [0.29, 0.717) is 18.7 Å². The van der Waals surface area contributed by atoms with E-state index in [1.807, 2.05) is 6.92 Å². The fourth-order valence-electron chi connectivity index (χ4n) is 1.90. The highest BCUT2D eigenvalue weighted by atomic mass is 32.2. The summed E-state index contributed by atoms with van der Waals surface area (Å²) in [4.78, 5) is -0.0517. The van der Waals surface area contributed by atoms with Crippen LogP contribution < -0.4 is 10.0 Å². The fraction of sp³-hybridized carbons (Fsp3) is 0.571. The molecule has 2 N–H and O–H groups in total. The quantitative estimate of drug-likeness (QED) is 0.765. The zero-order valence-corrected chi connectivity index (χ0v) is 13.7. The second kappa shape index (κ2) is 7.31. The Morgan fingerprint density at radius 1 is 1.33 bits per heavy atom. The van der Waals surface area contributed by atoms with Gasteiger partial charge in [0.2, 0.25) is 10.0 Å². The summed E-state index contributed by atoms with van der Waals surface area (Å²) in [6.45, 7) is 6.36. The molecule has 0 aliphatic carbocycles. The highest BCUT2D eigenvalue weighted by Crippen LogP contribution is 2.18. The number of halogens is 1. The van der Waals surface area contributed by atoms with Crippen LogP contribution >= 0.6 is 0 Å². The summed E-state index contributed by atoms with van der Waals surface area (Å²) >= 11 is 0. The van der Waals surface area contributed by atoms with Gasteiger partial charge in [0.25, 0.3) is 0 Å². The smallest absolute Gasteiger partial charge is 0.241 e. The molecule has 1 rings (SSSR count). The predicted molar refractivity (Wildman–Crippen MR) is 80.1 cm³/mol. The molecule has 21 heavy (non-hydrogen) atoms. The van der Waals surface area contributed by atoms with Gasteiger partial charge in [0.15, 0.2) is 0 Å². The first-order valence-electron chi connectivity index (χ1n) is 6.78. The highest BCUT2D eigenvalue weighted by molar-refractivity contribution is 7.89. The molecular formula is C14H23FN2O3S. The Bertz CT molecular complexity index is 574. The Balaban J connectivity index is 3.00. The Morgan fingerprint density at radius 2 is 2.00 bits per heavy atom. The van der Waals surface area contributed by atoms with Crippen LogP contribution in [0.15, 0.2) is 23.1 Å². The van der Waals surface area contributed by atoms with E-state index in [-0.39, 0.29) is 11.4 Å². The van der Waals surface area contributed by atoms with Gasteiger partial charge in [-0.3, -0.25) is 0 Å². The molecule has 0 saturated heterocycles. The van der Waals surface area contributed by atoms with Crippen LogP contribution in [0, 0.1) is 5.82 Å². The monoisotopic (exact) mass is 318 g/mol. The fourth-order valence-corrected chi connectivity index (χ4v) is 3.35. The van der Waals surface area contributed by atoms with Gasteiger partial charge >= 0.3 is 0 Å². The third kappa shape index (κ3) is 5.35. The molecule has 120 valence electrons. The van der Waals surface area contributed by atoms with Crippen LogP contribution in [0.3, 0.4) is 0 Å². The third-order valence-electron chi connectivity index (χ3n) is 2.91. The topological polar surface area (TPSA) is 67.4 Å². The Morgan fingerprint density at radius 3 is 2.57 bits per heavy atom. The molecule has 1 aromatic carbocycles. The maximum absolute atomic E-state index is 13.4. The van der Waals surface area contributed by atoms with Crippen molar-refractivity contribution in [1.82, 2.24) is 10.0 Å². The zero-order valence-electron chi connectivity index (χ0n) is 12.9. The van der Waals surface area contributed by atoms with E-state index in [1.54, 1.807) is 20.9 Å². The van der Waals surface area contributed by atoms with Gasteiger partial charge in [-0.15, -0.1) is 0 Å². The van der Waals surface area contributed by atoms with E-state index < -0.39 is 21.4 Å². The van der Waals surface area contributed by atoms with E-state index in [2.05, 4.69) is 10.0 Å². The van der Waals surface area contributed by atoms with Crippen molar-refractivity contribution < 1.29 is 17.5 Å². The summed E-state index contributed by atoms with van der Waals surface area (Å²) in [5.74, 6) is -0.584. The Labute approximate surface area is 125 Å². The van der Waals surface area contributed by atoms with Crippen LogP contribution in [0.4, 0.5) is 4.39 Å². The molecule has 0 amide bonds. The first-order chi connectivity index (χ1) is 9.72. The van der Waals surface area contributed by atoms with Crippen molar-refractivity contribution in [3.05, 3.63) is 29.6 Å². The molecule has 1 aromatic rings. The molecule has 0 bridgehead atoms. The number of hydrogen-bond donors (Lipinski definition) is 2. The molecule has 0 aliphatic rings. The van der Waals surface area contributed by atoms with Crippen LogP contribution in [0.25, 0.3) is 0 Å². The number of nitrogens with one attached hydrogen (secondary N) is 2. The first kappa shape index (κ1) is 18.0. The average molecular weight is 318 g/mol. The summed E-state index contributed by atoms with van der Waals surface area (Å²) in [7, 11) is -2.10. The van der Waals surface area contributed by atoms with Crippen molar-refractivity contribution >= 4 is 10.0 Å². The molecular weight excluding hydrogens is 295 g/mol. The molecule has 0 radical (unpaired) electrons. The predicted octanol–water partition coefficient (Wildman–Crippen LogP) is 1.64. The van der Waals surface area contributed by atoms with Crippen LogP contribution in [0.5, 0.6) is 0 Å². The Kier molecular flexibility index (Phi) is 6.27. The molecule has 0 unspecified atom stereocenters. The van der Waals surface area contributed by atoms with Gasteiger partial charge in [0.05, 0.1) is 10.5 Å². The van der Waals surface area contributed by atoms with Crippen LogP contribution in [0.2, 0.25) is 0 Å². The molecule has 0 aromatic heterocycles. The van der Waals surface area contributed by atoms with Crippen LogP contribution in [0.1, 0.15) is 26.3 Å². The molecule has 0 atom stereocenters.